The Kier molecular flexibility index (Phi) is 6.80. The van der Waals surface area contributed by atoms with Crippen LogP contribution in [0.5, 0.6) is 0 Å². The van der Waals surface area contributed by atoms with Gasteiger partial charge in [-0.2, -0.15) is 4.91 Å². The molecule has 0 saturated heterocycles. The molecule has 0 N–H and O–H groups in total. The molecule has 25 heavy (non-hydrogen) atoms. The van der Waals surface area contributed by atoms with Gasteiger partial charge < -0.3 is 0 Å². The molecule has 2 unspecified atom stereocenters. The van der Waals surface area contributed by atoms with Gasteiger partial charge in [0.1, 0.15) is 6.04 Å². The fourth-order valence-electron chi connectivity index (χ4n) is 2.76. The predicted molar refractivity (Wildman–Crippen MR) is 101 cm³/mol. The summed E-state index contributed by atoms with van der Waals surface area (Å²) in [6, 6.07) is 3.80. The topological polar surface area (TPSA) is 63.6 Å². The van der Waals surface area contributed by atoms with Crippen LogP contribution in [0.2, 0.25) is 10.0 Å². The van der Waals surface area contributed by atoms with Crippen LogP contribution in [-0.4, -0.2) is 29.4 Å². The lowest BCUT2D eigenvalue weighted by Crippen LogP contribution is -2.44. The van der Waals surface area contributed by atoms with Crippen molar-refractivity contribution in [3.63, 3.8) is 0 Å². The van der Waals surface area contributed by atoms with E-state index in [1.54, 1.807) is 12.1 Å². The Bertz CT molecular complexity index is 775. The SMILES string of the molecule is O=NC1C=CC(C(=O)CCl)=CC1(Cc1ccc(Cl)cc1Cl)C(=O)CCl. The maximum atomic E-state index is 12.7. The number of carbonyl (C=O) groups excluding carboxylic acids is 2. The van der Waals surface area contributed by atoms with Gasteiger partial charge in [-0.1, -0.05) is 52.7 Å². The maximum absolute atomic E-state index is 12.7. The number of alkyl halides is 2. The van der Waals surface area contributed by atoms with E-state index in [1.807, 2.05) is 0 Å². The van der Waals surface area contributed by atoms with Crippen LogP contribution < -0.4 is 0 Å². The molecule has 1 aromatic carbocycles. The standard InChI is InChI=1S/C17H13Cl4NO3/c18-8-14(23)11-2-4-15(22-25)17(7-11,16(24)9-19)6-10-1-3-12(20)5-13(10)21/h1-5,7,15H,6,8-9H2. The molecule has 0 aliphatic heterocycles. The minimum absolute atomic E-state index is 0.0500. The van der Waals surface area contributed by atoms with E-state index in [9.17, 15) is 14.5 Å². The van der Waals surface area contributed by atoms with Crippen molar-refractivity contribution in [3.05, 3.63) is 62.5 Å². The molecule has 1 aliphatic rings. The van der Waals surface area contributed by atoms with Crippen LogP contribution in [0.4, 0.5) is 0 Å². The molecular weight excluding hydrogens is 408 g/mol. The average Bonchev–Trinajstić information content (AvgIpc) is 2.62. The highest BCUT2D eigenvalue weighted by Crippen LogP contribution is 2.40. The van der Waals surface area contributed by atoms with Gasteiger partial charge in [0, 0.05) is 15.6 Å². The van der Waals surface area contributed by atoms with Crippen LogP contribution in [0.15, 0.2) is 47.2 Å². The van der Waals surface area contributed by atoms with Crippen molar-refractivity contribution in [3.8, 4) is 0 Å². The molecule has 0 saturated carbocycles. The average molecular weight is 421 g/mol. The number of nitrogens with zero attached hydrogens (tertiary/aromatic N) is 1. The molecule has 2 atom stereocenters. The second kappa shape index (κ2) is 8.45. The smallest absolute Gasteiger partial charge is 0.177 e. The van der Waals surface area contributed by atoms with Gasteiger partial charge in [-0.25, -0.2) is 0 Å². The Balaban J connectivity index is 2.59. The first-order chi connectivity index (χ1) is 11.9. The Morgan fingerprint density at radius 3 is 2.44 bits per heavy atom. The summed E-state index contributed by atoms with van der Waals surface area (Å²) in [4.78, 5) is 36.0. The van der Waals surface area contributed by atoms with E-state index >= 15 is 0 Å². The third-order valence-electron chi connectivity index (χ3n) is 4.09. The highest BCUT2D eigenvalue weighted by molar-refractivity contribution is 6.35. The summed E-state index contributed by atoms with van der Waals surface area (Å²) in [6.45, 7) is 0. The van der Waals surface area contributed by atoms with Crippen molar-refractivity contribution in [1.82, 2.24) is 0 Å². The molecule has 0 heterocycles. The first-order valence-corrected chi connectivity index (χ1v) is 9.06. The van der Waals surface area contributed by atoms with E-state index in [0.29, 0.717) is 15.6 Å². The number of nitroso groups, excluding NO2 is 1. The Morgan fingerprint density at radius 1 is 1.16 bits per heavy atom. The first-order valence-electron chi connectivity index (χ1n) is 7.24. The molecule has 0 amide bonds. The number of Topliss-reactive ketones (excluding diaryl/α,β-unsaturated/α-hetero) is 2. The second-order valence-electron chi connectivity index (χ2n) is 5.58. The zero-order valence-corrected chi connectivity index (χ0v) is 15.9. The van der Waals surface area contributed by atoms with Crippen molar-refractivity contribution in [1.29, 1.82) is 0 Å². The molecule has 0 radical (unpaired) electrons. The molecule has 1 aliphatic carbocycles. The number of halogens is 4. The molecule has 0 aromatic heterocycles. The van der Waals surface area contributed by atoms with Gasteiger partial charge in [0.25, 0.3) is 0 Å². The molecule has 2 rings (SSSR count). The summed E-state index contributed by atoms with van der Waals surface area (Å²) < 4.78 is 0. The minimum atomic E-state index is -1.41. The lowest BCUT2D eigenvalue weighted by atomic mass is 9.69. The molecule has 0 fully saturated rings. The fraction of sp³-hybridized carbons (Fsp3) is 0.294. The van der Waals surface area contributed by atoms with Gasteiger partial charge >= 0.3 is 0 Å². The molecule has 4 nitrogen and oxygen atoms in total. The van der Waals surface area contributed by atoms with Crippen molar-refractivity contribution >= 4 is 58.0 Å². The third kappa shape index (κ3) is 4.14. The first kappa shape index (κ1) is 20.1. The normalized spacial score (nSPS) is 22.4. The van der Waals surface area contributed by atoms with Gasteiger partial charge in [0.15, 0.2) is 11.6 Å². The number of allylic oxidation sites excluding steroid dienone is 2. The molecular formula is C17H13Cl4NO3. The zero-order valence-electron chi connectivity index (χ0n) is 12.8. The molecule has 0 spiro atoms. The number of hydrogen-bond acceptors (Lipinski definition) is 4. The van der Waals surface area contributed by atoms with Crippen LogP contribution >= 0.6 is 46.4 Å². The van der Waals surface area contributed by atoms with Gasteiger partial charge in [-0.05, 0) is 24.1 Å². The number of benzene rings is 1. The molecule has 8 heteroatoms. The summed E-state index contributed by atoms with van der Waals surface area (Å²) in [5.74, 6) is -1.39. The quantitative estimate of drug-likeness (QED) is 0.471. The zero-order chi connectivity index (χ0) is 18.6. The van der Waals surface area contributed by atoms with Crippen molar-refractivity contribution in [2.75, 3.05) is 11.8 Å². The largest absolute Gasteiger partial charge is 0.297 e. The molecule has 132 valence electrons. The maximum Gasteiger partial charge on any atom is 0.177 e. The van der Waals surface area contributed by atoms with E-state index < -0.39 is 17.2 Å². The highest BCUT2D eigenvalue weighted by Gasteiger charge is 2.46. The molecule has 1 aromatic rings. The van der Waals surface area contributed by atoms with Crippen LogP contribution in [0, 0.1) is 10.3 Å². The number of rotatable bonds is 7. The lowest BCUT2D eigenvalue weighted by molar-refractivity contribution is -0.124. The van der Waals surface area contributed by atoms with E-state index in [0.717, 1.165) is 0 Å². The van der Waals surface area contributed by atoms with E-state index in [-0.39, 0.29) is 29.5 Å². The van der Waals surface area contributed by atoms with Gasteiger partial charge in [-0.15, -0.1) is 23.2 Å². The Hall–Kier alpha value is -1.20. The van der Waals surface area contributed by atoms with E-state index in [4.69, 9.17) is 46.4 Å². The van der Waals surface area contributed by atoms with Crippen LogP contribution in [0.1, 0.15) is 5.56 Å². The van der Waals surface area contributed by atoms with Crippen molar-refractivity contribution in [2.45, 2.75) is 12.5 Å². The number of ketones is 2. The summed E-state index contributed by atoms with van der Waals surface area (Å²) in [7, 11) is 0. The summed E-state index contributed by atoms with van der Waals surface area (Å²) in [6.07, 6.45) is 4.34. The van der Waals surface area contributed by atoms with Crippen LogP contribution in [0.25, 0.3) is 0 Å². The second-order valence-corrected chi connectivity index (χ2v) is 6.95. The van der Waals surface area contributed by atoms with E-state index in [2.05, 4.69) is 5.18 Å². The monoisotopic (exact) mass is 419 g/mol. The van der Waals surface area contributed by atoms with Gasteiger partial charge in [0.05, 0.1) is 17.2 Å². The highest BCUT2D eigenvalue weighted by atomic mass is 35.5. The van der Waals surface area contributed by atoms with Crippen molar-refractivity contribution < 1.29 is 9.59 Å². The van der Waals surface area contributed by atoms with Crippen LogP contribution in [0.3, 0.4) is 0 Å². The van der Waals surface area contributed by atoms with Crippen LogP contribution in [-0.2, 0) is 16.0 Å². The Morgan fingerprint density at radius 2 is 1.88 bits per heavy atom. The van der Waals surface area contributed by atoms with E-state index in [1.165, 1.54) is 24.3 Å². The third-order valence-corrected chi connectivity index (χ3v) is 5.17. The summed E-state index contributed by atoms with van der Waals surface area (Å²) in [5.41, 5.74) is -0.590. The van der Waals surface area contributed by atoms with Crippen molar-refractivity contribution in [2.24, 2.45) is 10.6 Å². The predicted octanol–water partition coefficient (Wildman–Crippen LogP) is 4.77. The lowest BCUT2D eigenvalue weighted by Gasteiger charge is -2.34. The minimum Gasteiger partial charge on any atom is -0.297 e. The summed E-state index contributed by atoms with van der Waals surface area (Å²) >= 11 is 23.5. The summed E-state index contributed by atoms with van der Waals surface area (Å²) in [5, 5.41) is 3.84. The van der Waals surface area contributed by atoms with Gasteiger partial charge in [0.2, 0.25) is 0 Å². The Labute approximate surface area is 164 Å². The van der Waals surface area contributed by atoms with Gasteiger partial charge in [-0.3, -0.25) is 9.59 Å². The molecule has 0 bridgehead atoms. The number of carbonyl (C=O) groups is 2. The fourth-order valence-corrected chi connectivity index (χ4v) is 3.64. The number of hydrogen-bond donors (Lipinski definition) is 0.